The molecule has 1 aromatic rings. The van der Waals surface area contributed by atoms with Crippen LogP contribution < -0.4 is 0 Å². The summed E-state index contributed by atoms with van der Waals surface area (Å²) in [4.78, 5) is 13.5. The first-order valence-corrected chi connectivity index (χ1v) is 5.64. The molecule has 1 atom stereocenters. The van der Waals surface area contributed by atoms with Gasteiger partial charge in [0.15, 0.2) is 0 Å². The maximum Gasteiger partial charge on any atom is 0.324 e. The van der Waals surface area contributed by atoms with Crippen molar-refractivity contribution in [3.8, 4) is 0 Å². The number of hydrogen-bond donors (Lipinski definition) is 1. The number of carbonyl (C=O) groups is 1. The van der Waals surface area contributed by atoms with Crippen molar-refractivity contribution in [1.29, 1.82) is 0 Å². The van der Waals surface area contributed by atoms with E-state index in [2.05, 4.69) is 0 Å². The van der Waals surface area contributed by atoms with Crippen LogP contribution in [0.2, 0.25) is 0 Å². The zero-order valence-electron chi connectivity index (χ0n) is 9.52. The van der Waals surface area contributed by atoms with E-state index < -0.39 is 11.5 Å². The SMILES string of the molecule is CN1CCCC1(Cc1ccccc1)C(=O)O. The molecule has 1 fully saturated rings. The highest BCUT2D eigenvalue weighted by molar-refractivity contribution is 5.79. The minimum absolute atomic E-state index is 0.597. The Hall–Kier alpha value is -1.35. The number of hydrogen-bond acceptors (Lipinski definition) is 2. The van der Waals surface area contributed by atoms with Crippen LogP contribution in [-0.2, 0) is 11.2 Å². The summed E-state index contributed by atoms with van der Waals surface area (Å²) in [6.07, 6.45) is 2.31. The highest BCUT2D eigenvalue weighted by Crippen LogP contribution is 2.31. The summed E-state index contributed by atoms with van der Waals surface area (Å²) in [7, 11) is 1.91. The van der Waals surface area contributed by atoms with Gasteiger partial charge < -0.3 is 5.11 Å². The normalized spacial score (nSPS) is 25.8. The van der Waals surface area contributed by atoms with Crippen LogP contribution in [0.25, 0.3) is 0 Å². The fourth-order valence-corrected chi connectivity index (χ4v) is 2.52. The van der Waals surface area contributed by atoms with Crippen molar-refractivity contribution in [3.63, 3.8) is 0 Å². The van der Waals surface area contributed by atoms with Gasteiger partial charge in [0.25, 0.3) is 0 Å². The topological polar surface area (TPSA) is 40.5 Å². The van der Waals surface area contributed by atoms with E-state index in [1.54, 1.807) is 0 Å². The van der Waals surface area contributed by atoms with Gasteiger partial charge in [0.2, 0.25) is 0 Å². The molecule has 16 heavy (non-hydrogen) atoms. The third-order valence-corrected chi connectivity index (χ3v) is 3.55. The molecule has 1 N–H and O–H groups in total. The van der Waals surface area contributed by atoms with Crippen molar-refractivity contribution in [2.75, 3.05) is 13.6 Å². The van der Waals surface area contributed by atoms with E-state index in [1.165, 1.54) is 0 Å². The molecule has 1 aromatic carbocycles. The molecular weight excluding hydrogens is 202 g/mol. The van der Waals surface area contributed by atoms with Crippen LogP contribution in [0.4, 0.5) is 0 Å². The maximum atomic E-state index is 11.5. The number of carboxylic acid groups (broad SMARTS) is 1. The van der Waals surface area contributed by atoms with E-state index in [4.69, 9.17) is 0 Å². The van der Waals surface area contributed by atoms with Crippen LogP contribution in [-0.4, -0.2) is 35.1 Å². The highest BCUT2D eigenvalue weighted by atomic mass is 16.4. The lowest BCUT2D eigenvalue weighted by Crippen LogP contribution is -2.50. The smallest absolute Gasteiger partial charge is 0.324 e. The van der Waals surface area contributed by atoms with E-state index in [9.17, 15) is 9.90 Å². The Bertz CT molecular complexity index is 377. The molecular formula is C13H17NO2. The summed E-state index contributed by atoms with van der Waals surface area (Å²) in [5.74, 6) is -0.698. The van der Waals surface area contributed by atoms with Crippen molar-refractivity contribution in [2.45, 2.75) is 24.8 Å². The number of nitrogens with zero attached hydrogens (tertiary/aromatic N) is 1. The molecule has 86 valence electrons. The second kappa shape index (κ2) is 4.26. The summed E-state index contributed by atoms with van der Waals surface area (Å²) >= 11 is 0. The monoisotopic (exact) mass is 219 g/mol. The number of likely N-dealkylation sites (N-methyl/N-ethyl adjacent to an activating group) is 1. The van der Waals surface area contributed by atoms with Gasteiger partial charge >= 0.3 is 5.97 Å². The minimum atomic E-state index is -0.698. The summed E-state index contributed by atoms with van der Waals surface area (Å²) in [5, 5.41) is 9.45. The first-order chi connectivity index (χ1) is 7.65. The Labute approximate surface area is 95.7 Å². The molecule has 0 bridgehead atoms. The van der Waals surface area contributed by atoms with Gasteiger partial charge in [-0.3, -0.25) is 9.69 Å². The maximum absolute atomic E-state index is 11.5. The lowest BCUT2D eigenvalue weighted by molar-refractivity contribution is -0.148. The molecule has 1 aliphatic heterocycles. The Morgan fingerprint density at radius 1 is 1.44 bits per heavy atom. The van der Waals surface area contributed by atoms with Crippen molar-refractivity contribution in [3.05, 3.63) is 35.9 Å². The van der Waals surface area contributed by atoms with Crippen LogP contribution in [0.15, 0.2) is 30.3 Å². The van der Waals surface area contributed by atoms with Crippen LogP contribution in [0.3, 0.4) is 0 Å². The molecule has 1 saturated heterocycles. The Morgan fingerprint density at radius 3 is 2.62 bits per heavy atom. The molecule has 0 aromatic heterocycles. The van der Waals surface area contributed by atoms with Gasteiger partial charge in [-0.05, 0) is 32.0 Å². The van der Waals surface area contributed by atoms with Gasteiger partial charge in [-0.2, -0.15) is 0 Å². The van der Waals surface area contributed by atoms with Crippen molar-refractivity contribution >= 4 is 5.97 Å². The molecule has 0 radical (unpaired) electrons. The third-order valence-electron chi connectivity index (χ3n) is 3.55. The van der Waals surface area contributed by atoms with Gasteiger partial charge in [-0.25, -0.2) is 0 Å². The summed E-state index contributed by atoms with van der Waals surface area (Å²) in [6.45, 7) is 0.874. The number of carboxylic acids is 1. The van der Waals surface area contributed by atoms with Crippen LogP contribution >= 0.6 is 0 Å². The average Bonchev–Trinajstić information content (AvgIpc) is 2.63. The largest absolute Gasteiger partial charge is 0.480 e. The zero-order chi connectivity index (χ0) is 11.6. The van der Waals surface area contributed by atoms with Crippen LogP contribution in [0.1, 0.15) is 18.4 Å². The zero-order valence-corrected chi connectivity index (χ0v) is 9.52. The molecule has 1 unspecified atom stereocenters. The quantitative estimate of drug-likeness (QED) is 0.842. The molecule has 1 heterocycles. The lowest BCUT2D eigenvalue weighted by Gasteiger charge is -2.31. The second-order valence-electron chi connectivity index (χ2n) is 4.52. The molecule has 3 heteroatoms. The standard InChI is InChI=1S/C13H17NO2/c1-14-9-5-8-13(14,12(15)16)10-11-6-3-2-4-7-11/h2-4,6-7H,5,8-10H2,1H3,(H,15,16). The van der Waals surface area contributed by atoms with E-state index in [0.717, 1.165) is 24.9 Å². The van der Waals surface area contributed by atoms with E-state index >= 15 is 0 Å². The Kier molecular flexibility index (Phi) is 2.97. The Morgan fingerprint density at radius 2 is 2.12 bits per heavy atom. The highest BCUT2D eigenvalue weighted by Gasteiger charge is 2.45. The third kappa shape index (κ3) is 1.83. The first-order valence-electron chi connectivity index (χ1n) is 5.64. The molecule has 0 aliphatic carbocycles. The van der Waals surface area contributed by atoms with Crippen molar-refractivity contribution in [1.82, 2.24) is 4.90 Å². The van der Waals surface area contributed by atoms with Gasteiger partial charge in [0.1, 0.15) is 5.54 Å². The van der Waals surface area contributed by atoms with Crippen molar-refractivity contribution < 1.29 is 9.90 Å². The lowest BCUT2D eigenvalue weighted by atomic mass is 9.88. The predicted molar refractivity (Wildman–Crippen MR) is 62.4 cm³/mol. The van der Waals surface area contributed by atoms with Gasteiger partial charge in [-0.1, -0.05) is 30.3 Å². The number of benzene rings is 1. The van der Waals surface area contributed by atoms with Gasteiger partial charge in [0.05, 0.1) is 0 Å². The van der Waals surface area contributed by atoms with Crippen LogP contribution in [0, 0.1) is 0 Å². The molecule has 0 amide bonds. The predicted octanol–water partition coefficient (Wildman–Crippen LogP) is 1.78. The molecule has 0 spiro atoms. The van der Waals surface area contributed by atoms with Crippen LogP contribution in [0.5, 0.6) is 0 Å². The molecule has 1 aliphatic rings. The summed E-state index contributed by atoms with van der Waals surface area (Å²) in [5.41, 5.74) is 0.403. The number of rotatable bonds is 3. The van der Waals surface area contributed by atoms with Gasteiger partial charge in [-0.15, -0.1) is 0 Å². The minimum Gasteiger partial charge on any atom is -0.480 e. The fourth-order valence-electron chi connectivity index (χ4n) is 2.52. The molecule has 3 nitrogen and oxygen atoms in total. The summed E-state index contributed by atoms with van der Waals surface area (Å²) < 4.78 is 0. The number of aliphatic carboxylic acids is 1. The fraction of sp³-hybridized carbons (Fsp3) is 0.462. The van der Waals surface area contributed by atoms with E-state index in [-0.39, 0.29) is 0 Å². The second-order valence-corrected chi connectivity index (χ2v) is 4.52. The average molecular weight is 219 g/mol. The molecule has 0 saturated carbocycles. The first kappa shape index (κ1) is 11.1. The number of likely N-dealkylation sites (tertiary alicyclic amines) is 1. The van der Waals surface area contributed by atoms with E-state index in [1.807, 2.05) is 42.3 Å². The Balaban J connectivity index is 2.25. The molecule has 2 rings (SSSR count). The van der Waals surface area contributed by atoms with E-state index in [0.29, 0.717) is 6.42 Å². The summed E-state index contributed by atoms with van der Waals surface area (Å²) in [6, 6.07) is 9.86. The van der Waals surface area contributed by atoms with Crippen molar-refractivity contribution in [2.24, 2.45) is 0 Å². The van der Waals surface area contributed by atoms with Gasteiger partial charge in [0, 0.05) is 6.42 Å².